The van der Waals surface area contributed by atoms with Crippen LogP contribution in [0.2, 0.25) is 0 Å². The second kappa shape index (κ2) is 11.0. The summed E-state index contributed by atoms with van der Waals surface area (Å²) < 4.78 is 11.0. The zero-order chi connectivity index (χ0) is 26.6. The molecule has 2 aliphatic heterocycles. The van der Waals surface area contributed by atoms with E-state index >= 15 is 0 Å². The van der Waals surface area contributed by atoms with Gasteiger partial charge in [-0.25, -0.2) is 9.97 Å². The Morgan fingerprint density at radius 3 is 2.44 bits per heavy atom. The highest BCUT2D eigenvalue weighted by molar-refractivity contribution is 5.88. The highest BCUT2D eigenvalue weighted by Crippen LogP contribution is 2.32. The van der Waals surface area contributed by atoms with Gasteiger partial charge in [-0.15, -0.1) is 0 Å². The second-order valence-corrected chi connectivity index (χ2v) is 9.79. The average molecular weight is 522 g/mol. The van der Waals surface area contributed by atoms with Crippen molar-refractivity contribution < 1.29 is 19.2 Å². The van der Waals surface area contributed by atoms with E-state index in [1.807, 2.05) is 60.7 Å². The molecule has 1 fully saturated rings. The molecule has 9 heteroatoms. The molecule has 2 aliphatic rings. The molecule has 1 saturated heterocycles. The maximum Gasteiger partial charge on any atom is 0.243 e. The highest BCUT2D eigenvalue weighted by atomic mass is 16.7. The third-order valence-corrected chi connectivity index (χ3v) is 7.21. The van der Waals surface area contributed by atoms with Gasteiger partial charge in [-0.1, -0.05) is 42.5 Å². The number of benzene rings is 3. The number of aromatic nitrogens is 2. The molecule has 3 heterocycles. The van der Waals surface area contributed by atoms with Gasteiger partial charge in [0.15, 0.2) is 23.2 Å². The standard InChI is InChI=1S/C30H28N6O3/c31-17-23(30(37)32-18-21-6-2-1-3-7-21)28-29(34-25-9-5-4-8-24(25)33-28)36-14-12-35(13-15-36)19-22-10-11-26-27(16-22)39-20-38-26/h1-11,16,23H,12-15,18-20H2,(H,32,37)/p+1/t23-/m1/s1. The molecule has 6 rings (SSSR count). The third kappa shape index (κ3) is 5.33. The van der Waals surface area contributed by atoms with Crippen molar-refractivity contribution in [2.75, 3.05) is 37.9 Å². The van der Waals surface area contributed by atoms with Crippen LogP contribution in [0.3, 0.4) is 0 Å². The summed E-state index contributed by atoms with van der Waals surface area (Å²) in [6, 6.07) is 25.5. The molecule has 1 atom stereocenters. The minimum atomic E-state index is -1.07. The average Bonchev–Trinajstić information content (AvgIpc) is 3.45. The molecule has 9 nitrogen and oxygen atoms in total. The first-order valence-corrected chi connectivity index (χ1v) is 13.1. The maximum absolute atomic E-state index is 13.2. The minimum absolute atomic E-state index is 0.271. The van der Waals surface area contributed by atoms with Gasteiger partial charge in [0.2, 0.25) is 12.7 Å². The molecule has 1 amide bonds. The molecule has 196 valence electrons. The van der Waals surface area contributed by atoms with Crippen LogP contribution >= 0.6 is 0 Å². The molecule has 39 heavy (non-hydrogen) atoms. The van der Waals surface area contributed by atoms with E-state index in [1.54, 1.807) is 0 Å². The summed E-state index contributed by atoms with van der Waals surface area (Å²) in [6.45, 7) is 4.75. The van der Waals surface area contributed by atoms with Crippen LogP contribution in [0.5, 0.6) is 11.5 Å². The van der Waals surface area contributed by atoms with Crippen molar-refractivity contribution in [3.8, 4) is 17.6 Å². The lowest BCUT2D eigenvalue weighted by Crippen LogP contribution is -3.13. The summed E-state index contributed by atoms with van der Waals surface area (Å²) in [4.78, 5) is 26.5. The number of amides is 1. The van der Waals surface area contributed by atoms with Gasteiger partial charge in [0.25, 0.3) is 0 Å². The first-order chi connectivity index (χ1) is 19.2. The quantitative estimate of drug-likeness (QED) is 0.384. The van der Waals surface area contributed by atoms with Crippen LogP contribution < -0.4 is 24.6 Å². The number of anilines is 1. The van der Waals surface area contributed by atoms with Gasteiger partial charge in [-0.3, -0.25) is 4.79 Å². The minimum Gasteiger partial charge on any atom is -0.454 e. The Morgan fingerprint density at radius 1 is 0.949 bits per heavy atom. The van der Waals surface area contributed by atoms with Crippen LogP contribution in [0, 0.1) is 11.3 Å². The molecular formula is C30H29N6O3+. The van der Waals surface area contributed by atoms with E-state index in [0.29, 0.717) is 23.6 Å². The second-order valence-electron chi connectivity index (χ2n) is 9.79. The number of hydrogen-bond acceptors (Lipinski definition) is 7. The fraction of sp³-hybridized carbons (Fsp3) is 0.267. The third-order valence-electron chi connectivity index (χ3n) is 7.21. The van der Waals surface area contributed by atoms with E-state index in [9.17, 15) is 10.1 Å². The van der Waals surface area contributed by atoms with Gasteiger partial charge in [-0.05, 0) is 35.9 Å². The number of hydrogen-bond donors (Lipinski definition) is 2. The van der Waals surface area contributed by atoms with Crippen molar-refractivity contribution in [2.45, 2.75) is 19.0 Å². The van der Waals surface area contributed by atoms with Crippen LogP contribution in [-0.2, 0) is 17.9 Å². The lowest BCUT2D eigenvalue weighted by atomic mass is 10.0. The fourth-order valence-corrected chi connectivity index (χ4v) is 5.11. The number of carbonyl (C=O) groups excluding carboxylic acids is 1. The van der Waals surface area contributed by atoms with Gasteiger partial charge in [0, 0.05) is 12.1 Å². The van der Waals surface area contributed by atoms with E-state index < -0.39 is 5.92 Å². The summed E-state index contributed by atoms with van der Waals surface area (Å²) in [5.41, 5.74) is 3.98. The molecule has 0 saturated carbocycles. The van der Waals surface area contributed by atoms with Crippen molar-refractivity contribution in [2.24, 2.45) is 0 Å². The summed E-state index contributed by atoms with van der Waals surface area (Å²) in [5, 5.41) is 13.0. The van der Waals surface area contributed by atoms with E-state index in [4.69, 9.17) is 19.4 Å². The Balaban J connectivity index is 1.20. The largest absolute Gasteiger partial charge is 0.454 e. The van der Waals surface area contributed by atoms with Crippen molar-refractivity contribution >= 4 is 22.8 Å². The van der Waals surface area contributed by atoms with Gasteiger partial charge in [-0.2, -0.15) is 5.26 Å². The van der Waals surface area contributed by atoms with E-state index in [1.165, 1.54) is 10.5 Å². The Morgan fingerprint density at radius 2 is 1.67 bits per heavy atom. The van der Waals surface area contributed by atoms with Gasteiger partial charge >= 0.3 is 0 Å². The molecule has 1 aromatic heterocycles. The van der Waals surface area contributed by atoms with E-state index in [0.717, 1.165) is 55.3 Å². The lowest BCUT2D eigenvalue weighted by molar-refractivity contribution is -0.914. The number of piperazine rings is 1. The number of para-hydroxylation sites is 2. The Labute approximate surface area is 226 Å². The lowest BCUT2D eigenvalue weighted by Gasteiger charge is -2.34. The predicted molar refractivity (Wildman–Crippen MR) is 145 cm³/mol. The predicted octanol–water partition coefficient (Wildman–Crippen LogP) is 2.19. The Kier molecular flexibility index (Phi) is 6.93. The number of nitrogens with one attached hydrogen (secondary N) is 2. The SMILES string of the molecule is N#C[C@@H](C(=O)NCc1ccccc1)c1nc2ccccc2nc1N1CC[NH+](Cc2ccc3c(c2)OCO3)CC1. The summed E-state index contributed by atoms with van der Waals surface area (Å²) in [7, 11) is 0. The molecule has 0 radical (unpaired) electrons. The topological polar surface area (TPSA) is 105 Å². The number of nitriles is 1. The Hall–Kier alpha value is -4.68. The van der Waals surface area contributed by atoms with Gasteiger partial charge in [0.1, 0.15) is 12.2 Å². The number of ether oxygens (including phenoxy) is 2. The highest BCUT2D eigenvalue weighted by Gasteiger charge is 2.31. The molecule has 0 aliphatic carbocycles. The number of rotatable bonds is 7. The van der Waals surface area contributed by atoms with Crippen LogP contribution in [-0.4, -0.2) is 48.8 Å². The molecule has 2 N–H and O–H groups in total. The zero-order valence-electron chi connectivity index (χ0n) is 21.5. The van der Waals surface area contributed by atoms with Crippen LogP contribution in [0.4, 0.5) is 5.82 Å². The fourth-order valence-electron chi connectivity index (χ4n) is 5.11. The summed E-state index contributed by atoms with van der Waals surface area (Å²) in [6.07, 6.45) is 0. The van der Waals surface area contributed by atoms with Crippen molar-refractivity contribution in [1.29, 1.82) is 5.26 Å². The molecule has 0 bridgehead atoms. The summed E-state index contributed by atoms with van der Waals surface area (Å²) in [5.74, 6) is 0.756. The van der Waals surface area contributed by atoms with Gasteiger partial charge < -0.3 is 24.6 Å². The summed E-state index contributed by atoms with van der Waals surface area (Å²) >= 11 is 0. The van der Waals surface area contributed by atoms with Crippen LogP contribution in [0.25, 0.3) is 11.0 Å². The molecule has 3 aromatic carbocycles. The number of nitrogens with zero attached hydrogens (tertiary/aromatic N) is 4. The molecule has 0 spiro atoms. The normalized spacial score (nSPS) is 15.6. The van der Waals surface area contributed by atoms with Gasteiger partial charge in [0.05, 0.1) is 43.3 Å². The van der Waals surface area contributed by atoms with Crippen LogP contribution in [0.15, 0.2) is 72.8 Å². The van der Waals surface area contributed by atoms with Crippen molar-refractivity contribution in [1.82, 2.24) is 15.3 Å². The first kappa shape index (κ1) is 24.6. The molecule has 0 unspecified atom stereocenters. The van der Waals surface area contributed by atoms with E-state index in [-0.39, 0.29) is 12.7 Å². The Bertz CT molecular complexity index is 1530. The smallest absolute Gasteiger partial charge is 0.243 e. The molecular weight excluding hydrogens is 492 g/mol. The number of quaternary nitrogens is 1. The first-order valence-electron chi connectivity index (χ1n) is 13.1. The zero-order valence-corrected chi connectivity index (χ0v) is 21.5. The van der Waals surface area contributed by atoms with Crippen molar-refractivity contribution in [3.63, 3.8) is 0 Å². The van der Waals surface area contributed by atoms with Crippen LogP contribution in [0.1, 0.15) is 22.7 Å². The number of fused-ring (bicyclic) bond motifs is 2. The number of carbonyl (C=O) groups is 1. The maximum atomic E-state index is 13.2. The molecule has 4 aromatic rings. The van der Waals surface area contributed by atoms with Crippen molar-refractivity contribution in [3.05, 3.63) is 89.6 Å². The monoisotopic (exact) mass is 521 g/mol. The van der Waals surface area contributed by atoms with E-state index in [2.05, 4.69) is 28.4 Å².